The van der Waals surface area contributed by atoms with Crippen LogP contribution in [0.2, 0.25) is 10.0 Å². The summed E-state index contributed by atoms with van der Waals surface area (Å²) in [7, 11) is 1.54. The Labute approximate surface area is 193 Å². The molecule has 1 saturated heterocycles. The SMILES string of the molecule is COc1ccc(C(O)=C2C(=O)C(=O)N(c3cc(C)on3)[C@H]2c2ccc(Cl)c(Cl)c2)cc1C. The number of ketones is 1. The van der Waals surface area contributed by atoms with Crippen molar-refractivity contribution < 1.29 is 24.0 Å². The van der Waals surface area contributed by atoms with Gasteiger partial charge in [0.1, 0.15) is 17.3 Å². The van der Waals surface area contributed by atoms with Crippen molar-refractivity contribution in [2.75, 3.05) is 12.0 Å². The zero-order valence-corrected chi connectivity index (χ0v) is 18.9. The van der Waals surface area contributed by atoms with E-state index in [1.165, 1.54) is 18.1 Å². The number of ether oxygens (including phenoxy) is 1. The lowest BCUT2D eigenvalue weighted by atomic mass is 9.94. The van der Waals surface area contributed by atoms with Crippen molar-refractivity contribution >= 4 is 46.5 Å². The Bertz CT molecular complexity index is 1280. The van der Waals surface area contributed by atoms with Crippen LogP contribution in [0.4, 0.5) is 5.82 Å². The van der Waals surface area contributed by atoms with Crippen LogP contribution in [0.5, 0.6) is 5.75 Å². The Morgan fingerprint density at radius 3 is 2.44 bits per heavy atom. The molecule has 2 heterocycles. The molecular formula is C23H18Cl2N2O5. The lowest BCUT2D eigenvalue weighted by Gasteiger charge is -2.23. The van der Waals surface area contributed by atoms with Crippen LogP contribution < -0.4 is 9.64 Å². The number of aromatic nitrogens is 1. The van der Waals surface area contributed by atoms with Crippen LogP contribution in [0.25, 0.3) is 5.76 Å². The first-order chi connectivity index (χ1) is 15.2. The molecule has 1 aliphatic heterocycles. The van der Waals surface area contributed by atoms with E-state index in [1.54, 1.807) is 43.3 Å². The summed E-state index contributed by atoms with van der Waals surface area (Å²) in [5.41, 5.74) is 1.50. The molecule has 4 rings (SSSR count). The van der Waals surface area contributed by atoms with Crippen LogP contribution in [0.1, 0.15) is 28.5 Å². The maximum atomic E-state index is 13.1. The van der Waals surface area contributed by atoms with E-state index in [0.29, 0.717) is 27.7 Å². The summed E-state index contributed by atoms with van der Waals surface area (Å²) < 4.78 is 10.4. The maximum absolute atomic E-state index is 13.1. The van der Waals surface area contributed by atoms with Crippen molar-refractivity contribution in [2.24, 2.45) is 0 Å². The van der Waals surface area contributed by atoms with Gasteiger partial charge in [0.2, 0.25) is 0 Å². The second kappa shape index (κ2) is 8.33. The van der Waals surface area contributed by atoms with Crippen LogP contribution in [0.3, 0.4) is 0 Å². The van der Waals surface area contributed by atoms with E-state index in [-0.39, 0.29) is 22.2 Å². The molecule has 1 fully saturated rings. The molecule has 0 bridgehead atoms. The quantitative estimate of drug-likeness (QED) is 0.317. The summed E-state index contributed by atoms with van der Waals surface area (Å²) in [5.74, 6) is -0.797. The van der Waals surface area contributed by atoms with Crippen LogP contribution in [0, 0.1) is 13.8 Å². The van der Waals surface area contributed by atoms with Crippen molar-refractivity contribution in [1.29, 1.82) is 0 Å². The molecule has 0 radical (unpaired) electrons. The second-order valence-corrected chi connectivity index (χ2v) is 8.14. The number of Topliss-reactive ketones (excluding diaryl/α,β-unsaturated/α-hetero) is 1. The van der Waals surface area contributed by atoms with Gasteiger partial charge in [0.05, 0.1) is 28.8 Å². The van der Waals surface area contributed by atoms with Crippen molar-refractivity contribution in [1.82, 2.24) is 5.16 Å². The van der Waals surface area contributed by atoms with E-state index in [9.17, 15) is 14.7 Å². The lowest BCUT2D eigenvalue weighted by Crippen LogP contribution is -2.29. The van der Waals surface area contributed by atoms with Gasteiger partial charge in [0, 0.05) is 11.6 Å². The zero-order valence-electron chi connectivity index (χ0n) is 17.3. The monoisotopic (exact) mass is 472 g/mol. The van der Waals surface area contributed by atoms with Gasteiger partial charge < -0.3 is 14.4 Å². The molecule has 9 heteroatoms. The van der Waals surface area contributed by atoms with E-state index < -0.39 is 17.7 Å². The van der Waals surface area contributed by atoms with Gasteiger partial charge in [-0.2, -0.15) is 0 Å². The average Bonchev–Trinajstić information content (AvgIpc) is 3.30. The first-order valence-electron chi connectivity index (χ1n) is 9.57. The number of aryl methyl sites for hydroxylation is 2. The second-order valence-electron chi connectivity index (χ2n) is 7.32. The normalized spacial score (nSPS) is 17.8. The summed E-state index contributed by atoms with van der Waals surface area (Å²) in [4.78, 5) is 27.3. The first-order valence-corrected chi connectivity index (χ1v) is 10.3. The third kappa shape index (κ3) is 3.63. The number of methoxy groups -OCH3 is 1. The van der Waals surface area contributed by atoms with Crippen molar-refractivity contribution in [2.45, 2.75) is 19.9 Å². The summed E-state index contributed by atoms with van der Waals surface area (Å²) >= 11 is 12.3. The number of amides is 1. The summed E-state index contributed by atoms with van der Waals surface area (Å²) in [6.07, 6.45) is 0. The molecule has 164 valence electrons. The molecule has 1 N–H and O–H groups in total. The number of nitrogens with zero attached hydrogens (tertiary/aromatic N) is 2. The number of hydrogen-bond acceptors (Lipinski definition) is 6. The molecule has 1 atom stereocenters. The smallest absolute Gasteiger partial charge is 0.301 e. The minimum absolute atomic E-state index is 0.0985. The first kappa shape index (κ1) is 21.9. The third-order valence-electron chi connectivity index (χ3n) is 5.23. The van der Waals surface area contributed by atoms with Gasteiger partial charge in [-0.3, -0.25) is 14.5 Å². The predicted molar refractivity (Wildman–Crippen MR) is 120 cm³/mol. The van der Waals surface area contributed by atoms with E-state index in [1.807, 2.05) is 6.92 Å². The minimum Gasteiger partial charge on any atom is -0.507 e. The Kier molecular flexibility index (Phi) is 5.71. The topological polar surface area (TPSA) is 92.9 Å². The molecule has 1 aliphatic rings. The van der Waals surface area contributed by atoms with Gasteiger partial charge in [-0.05, 0) is 55.3 Å². The van der Waals surface area contributed by atoms with Crippen LogP contribution in [-0.4, -0.2) is 29.1 Å². The fraction of sp³-hybridized carbons (Fsp3) is 0.174. The molecule has 0 aliphatic carbocycles. The van der Waals surface area contributed by atoms with Gasteiger partial charge in [-0.1, -0.05) is 34.4 Å². The van der Waals surface area contributed by atoms with Crippen molar-refractivity contribution in [3.63, 3.8) is 0 Å². The molecule has 3 aromatic rings. The number of carbonyl (C=O) groups excluding carboxylic acids is 2. The van der Waals surface area contributed by atoms with E-state index in [4.69, 9.17) is 32.5 Å². The number of aliphatic hydroxyl groups is 1. The maximum Gasteiger partial charge on any atom is 0.301 e. The highest BCUT2D eigenvalue weighted by Crippen LogP contribution is 2.43. The third-order valence-corrected chi connectivity index (χ3v) is 5.97. The Morgan fingerprint density at radius 1 is 1.09 bits per heavy atom. The molecule has 1 amide bonds. The highest BCUT2D eigenvalue weighted by molar-refractivity contribution is 6.51. The van der Waals surface area contributed by atoms with E-state index in [0.717, 1.165) is 5.56 Å². The van der Waals surface area contributed by atoms with Crippen LogP contribution in [-0.2, 0) is 9.59 Å². The highest BCUT2D eigenvalue weighted by atomic mass is 35.5. The molecule has 2 aromatic carbocycles. The number of rotatable bonds is 4. The largest absolute Gasteiger partial charge is 0.507 e. The molecule has 0 unspecified atom stereocenters. The van der Waals surface area contributed by atoms with E-state index >= 15 is 0 Å². The molecule has 0 spiro atoms. The lowest BCUT2D eigenvalue weighted by molar-refractivity contribution is -0.132. The van der Waals surface area contributed by atoms with Gasteiger partial charge >= 0.3 is 5.91 Å². The molecule has 32 heavy (non-hydrogen) atoms. The van der Waals surface area contributed by atoms with E-state index in [2.05, 4.69) is 5.16 Å². The minimum atomic E-state index is -0.989. The number of aliphatic hydroxyl groups excluding tert-OH is 1. The van der Waals surface area contributed by atoms with Crippen molar-refractivity contribution in [3.05, 3.63) is 80.5 Å². The Morgan fingerprint density at radius 2 is 1.84 bits per heavy atom. The number of anilines is 1. The Balaban J connectivity index is 1.95. The standard InChI is InChI=1S/C23H18Cl2N2O5/c1-11-8-14(5-7-17(11)31-3)21(28)19-20(13-4-6-15(24)16(25)10-13)27(23(30)22(19)29)18-9-12(2)32-26-18/h4-10,20,28H,1-3H3/t20-/m0/s1. The average molecular weight is 473 g/mol. The predicted octanol–water partition coefficient (Wildman–Crippen LogP) is 5.23. The summed E-state index contributed by atoms with van der Waals surface area (Å²) in [5, 5.41) is 15.6. The number of benzene rings is 2. The van der Waals surface area contributed by atoms with Gasteiger partial charge in [-0.15, -0.1) is 0 Å². The highest BCUT2D eigenvalue weighted by Gasteiger charge is 2.48. The number of halogens is 2. The van der Waals surface area contributed by atoms with Crippen molar-refractivity contribution in [3.8, 4) is 5.75 Å². The fourth-order valence-corrected chi connectivity index (χ4v) is 4.02. The number of hydrogen-bond donors (Lipinski definition) is 1. The van der Waals surface area contributed by atoms with Gasteiger partial charge in [0.25, 0.3) is 5.78 Å². The molecular weight excluding hydrogens is 455 g/mol. The molecule has 7 nitrogen and oxygen atoms in total. The molecule has 1 aromatic heterocycles. The van der Waals surface area contributed by atoms with Gasteiger partial charge in [0.15, 0.2) is 5.82 Å². The summed E-state index contributed by atoms with van der Waals surface area (Å²) in [6.45, 7) is 3.48. The molecule has 0 saturated carbocycles. The zero-order chi connectivity index (χ0) is 23.2. The van der Waals surface area contributed by atoms with Crippen LogP contribution >= 0.6 is 23.2 Å². The number of carbonyl (C=O) groups is 2. The summed E-state index contributed by atoms with van der Waals surface area (Å²) in [6, 6.07) is 10.3. The van der Waals surface area contributed by atoms with Crippen LogP contribution in [0.15, 0.2) is 52.6 Å². The van der Waals surface area contributed by atoms with Gasteiger partial charge in [-0.25, -0.2) is 0 Å². The fourth-order valence-electron chi connectivity index (χ4n) is 3.71. The Hall–Kier alpha value is -3.29.